The zero-order valence-corrected chi connectivity index (χ0v) is 26.0. The highest BCUT2D eigenvalue weighted by atomic mass is 35.5. The highest BCUT2D eigenvalue weighted by molar-refractivity contribution is 6.31. The molecule has 3 rings (SSSR count). The number of ketones is 1. The normalized spacial score (nSPS) is 11.8. The van der Waals surface area contributed by atoms with Crippen LogP contribution in [-0.4, -0.2) is 80.2 Å². The number of anilines is 3. The number of carbonyl (C=O) groups is 2. The van der Waals surface area contributed by atoms with Crippen molar-refractivity contribution < 1.29 is 28.2 Å². The van der Waals surface area contributed by atoms with E-state index in [1.165, 1.54) is 31.6 Å². The molecule has 0 bridgehead atoms. The van der Waals surface area contributed by atoms with Crippen LogP contribution in [0.25, 0.3) is 10.9 Å². The lowest BCUT2D eigenvalue weighted by Gasteiger charge is -2.16. The van der Waals surface area contributed by atoms with Crippen molar-refractivity contribution in [2.24, 2.45) is 5.41 Å². The summed E-state index contributed by atoms with van der Waals surface area (Å²) >= 11 is 5.91. The van der Waals surface area contributed by atoms with Gasteiger partial charge in [-0.05, 0) is 36.7 Å². The van der Waals surface area contributed by atoms with Crippen LogP contribution in [0, 0.1) is 11.2 Å². The number of hydrogen-bond acceptors (Lipinski definition) is 9. The van der Waals surface area contributed by atoms with E-state index in [1.807, 2.05) is 32.7 Å². The predicted molar refractivity (Wildman–Crippen MR) is 167 cm³/mol. The largest absolute Gasteiger partial charge is 0.494 e. The van der Waals surface area contributed by atoms with Crippen LogP contribution in [0.4, 0.5) is 21.6 Å². The van der Waals surface area contributed by atoms with Gasteiger partial charge in [-0.15, -0.1) is 0 Å². The number of hydrogen-bond donors (Lipinski definition) is 2. The monoisotopic (exact) mass is 615 g/mol. The fourth-order valence-corrected chi connectivity index (χ4v) is 4.22. The minimum absolute atomic E-state index is 0.0197. The number of fused-ring (bicyclic) bond motifs is 1. The topological polar surface area (TPSA) is 115 Å². The standard InChI is InChI=1S/C31H39ClFN5O5/c1-31(2,3)18-22(39)19-43-14-13-42-12-11-38(4)10-6-7-29(40)37-27-16-23-26(17-28(27)41-5)34-20-35-30(23)36-21-8-9-25(33)24(32)15-21/h6-9,15-17,20H,10-14,18-19H2,1-5H3,(H,37,40)(H,34,35,36)/b7-6+. The van der Waals surface area contributed by atoms with Crippen LogP contribution in [-0.2, 0) is 19.1 Å². The van der Waals surface area contributed by atoms with Gasteiger partial charge in [0.15, 0.2) is 5.78 Å². The Morgan fingerprint density at radius 2 is 1.86 bits per heavy atom. The smallest absolute Gasteiger partial charge is 0.248 e. The number of likely N-dealkylation sites (N-methyl/N-ethyl adjacent to an activating group) is 1. The summed E-state index contributed by atoms with van der Waals surface area (Å²) in [5.74, 6) is 0.110. The van der Waals surface area contributed by atoms with E-state index in [0.29, 0.717) is 73.2 Å². The fraction of sp³-hybridized carbons (Fsp3) is 0.419. The molecule has 232 valence electrons. The van der Waals surface area contributed by atoms with Crippen LogP contribution in [0.1, 0.15) is 27.2 Å². The van der Waals surface area contributed by atoms with Crippen LogP contribution in [0.2, 0.25) is 5.02 Å². The van der Waals surface area contributed by atoms with E-state index < -0.39 is 5.82 Å². The van der Waals surface area contributed by atoms with E-state index in [4.69, 9.17) is 25.8 Å². The van der Waals surface area contributed by atoms with Gasteiger partial charge in [0.05, 0.1) is 43.2 Å². The van der Waals surface area contributed by atoms with Crippen molar-refractivity contribution in [3.63, 3.8) is 0 Å². The molecule has 12 heteroatoms. The summed E-state index contributed by atoms with van der Waals surface area (Å²) in [6, 6.07) is 7.67. The van der Waals surface area contributed by atoms with E-state index in [-0.39, 0.29) is 28.7 Å². The molecule has 1 aromatic heterocycles. The summed E-state index contributed by atoms with van der Waals surface area (Å²) in [6.07, 6.45) is 5.08. The van der Waals surface area contributed by atoms with Crippen molar-refractivity contribution in [2.75, 3.05) is 64.3 Å². The van der Waals surface area contributed by atoms with Crippen molar-refractivity contribution >= 4 is 51.4 Å². The molecular weight excluding hydrogens is 577 g/mol. The van der Waals surface area contributed by atoms with Crippen molar-refractivity contribution in [2.45, 2.75) is 27.2 Å². The Hall–Kier alpha value is -3.64. The van der Waals surface area contributed by atoms with Crippen molar-refractivity contribution in [1.82, 2.24) is 14.9 Å². The maximum atomic E-state index is 13.6. The molecule has 0 unspecified atom stereocenters. The number of aromatic nitrogens is 2. The third-order valence-corrected chi connectivity index (χ3v) is 6.35. The van der Waals surface area contributed by atoms with Gasteiger partial charge in [-0.25, -0.2) is 14.4 Å². The van der Waals surface area contributed by atoms with Gasteiger partial charge in [0, 0.05) is 42.7 Å². The molecular formula is C31H39ClFN5O5. The Labute approximate surface area is 256 Å². The first-order valence-corrected chi connectivity index (χ1v) is 14.2. The minimum Gasteiger partial charge on any atom is -0.494 e. The number of carbonyl (C=O) groups excluding carboxylic acids is 2. The van der Waals surface area contributed by atoms with Crippen LogP contribution < -0.4 is 15.4 Å². The molecule has 43 heavy (non-hydrogen) atoms. The van der Waals surface area contributed by atoms with Crippen LogP contribution in [0.15, 0.2) is 48.8 Å². The van der Waals surface area contributed by atoms with Crippen LogP contribution >= 0.6 is 11.6 Å². The summed E-state index contributed by atoms with van der Waals surface area (Å²) in [5.41, 5.74) is 1.52. The van der Waals surface area contributed by atoms with E-state index in [0.717, 1.165) is 0 Å². The summed E-state index contributed by atoms with van der Waals surface area (Å²) in [6.45, 7) is 8.62. The predicted octanol–water partition coefficient (Wildman–Crippen LogP) is 5.64. The van der Waals surface area contributed by atoms with Crippen LogP contribution in [0.5, 0.6) is 5.75 Å². The lowest BCUT2D eigenvalue weighted by atomic mass is 9.90. The van der Waals surface area contributed by atoms with E-state index in [1.54, 1.807) is 24.3 Å². The molecule has 3 aromatic rings. The number of rotatable bonds is 16. The summed E-state index contributed by atoms with van der Waals surface area (Å²) in [5, 5.41) is 6.55. The Morgan fingerprint density at radius 3 is 2.58 bits per heavy atom. The number of nitrogens with zero attached hydrogens (tertiary/aromatic N) is 3. The van der Waals surface area contributed by atoms with Crippen molar-refractivity contribution in [3.8, 4) is 5.75 Å². The quantitative estimate of drug-likeness (QED) is 0.156. The molecule has 0 aliphatic carbocycles. The number of methoxy groups -OCH3 is 1. The number of nitrogens with one attached hydrogen (secondary N) is 2. The Kier molecular flexibility index (Phi) is 12.8. The molecule has 1 heterocycles. The minimum atomic E-state index is -0.523. The van der Waals surface area contributed by atoms with Gasteiger partial charge in [-0.1, -0.05) is 38.4 Å². The number of amides is 1. The molecule has 1 amide bonds. The number of halogens is 2. The molecule has 0 spiro atoms. The highest BCUT2D eigenvalue weighted by Gasteiger charge is 2.16. The molecule has 2 N–H and O–H groups in total. The van der Waals surface area contributed by atoms with Gasteiger partial charge in [0.2, 0.25) is 5.91 Å². The zero-order valence-electron chi connectivity index (χ0n) is 25.2. The van der Waals surface area contributed by atoms with Gasteiger partial charge in [0.1, 0.15) is 30.3 Å². The summed E-state index contributed by atoms with van der Waals surface area (Å²) in [4.78, 5) is 35.1. The lowest BCUT2D eigenvalue weighted by molar-refractivity contribution is -0.125. The van der Waals surface area contributed by atoms with E-state index in [2.05, 4.69) is 20.6 Å². The molecule has 10 nitrogen and oxygen atoms in total. The Morgan fingerprint density at radius 1 is 1.09 bits per heavy atom. The maximum absolute atomic E-state index is 13.6. The van der Waals surface area contributed by atoms with Gasteiger partial charge in [-0.3, -0.25) is 9.59 Å². The SMILES string of the molecule is COc1cc2ncnc(Nc3ccc(F)c(Cl)c3)c2cc1NC(=O)/C=C/CN(C)CCOCCOCC(=O)CC(C)(C)C. The van der Waals surface area contributed by atoms with E-state index >= 15 is 0 Å². The maximum Gasteiger partial charge on any atom is 0.248 e. The summed E-state index contributed by atoms with van der Waals surface area (Å²) in [7, 11) is 3.42. The number of ether oxygens (including phenoxy) is 3. The second kappa shape index (κ2) is 16.3. The van der Waals surface area contributed by atoms with E-state index in [9.17, 15) is 14.0 Å². The molecule has 0 atom stereocenters. The van der Waals surface area contributed by atoms with Gasteiger partial charge in [0.25, 0.3) is 0 Å². The second-order valence-corrected chi connectivity index (χ2v) is 11.5. The van der Waals surface area contributed by atoms with Crippen molar-refractivity contribution in [3.05, 3.63) is 59.7 Å². The average Bonchev–Trinajstić information content (AvgIpc) is 2.93. The molecule has 0 fully saturated rings. The zero-order chi connectivity index (χ0) is 31.4. The molecule has 0 aliphatic rings. The lowest BCUT2D eigenvalue weighted by Crippen LogP contribution is -2.24. The third kappa shape index (κ3) is 11.5. The Balaban J connectivity index is 1.48. The van der Waals surface area contributed by atoms with Gasteiger partial charge >= 0.3 is 0 Å². The highest BCUT2D eigenvalue weighted by Crippen LogP contribution is 2.33. The van der Waals surface area contributed by atoms with Crippen molar-refractivity contribution in [1.29, 1.82) is 0 Å². The molecule has 0 aliphatic heterocycles. The number of Topliss-reactive ketones (excluding diaryl/α,β-unsaturated/α-hetero) is 1. The second-order valence-electron chi connectivity index (χ2n) is 11.1. The number of benzene rings is 2. The Bertz CT molecular complexity index is 1430. The molecule has 0 saturated carbocycles. The fourth-order valence-electron chi connectivity index (χ4n) is 4.03. The average molecular weight is 616 g/mol. The van der Waals surface area contributed by atoms with Crippen LogP contribution in [0.3, 0.4) is 0 Å². The van der Waals surface area contributed by atoms with Gasteiger partial charge < -0.3 is 29.7 Å². The molecule has 2 aromatic carbocycles. The van der Waals surface area contributed by atoms with Gasteiger partial charge in [-0.2, -0.15) is 0 Å². The molecule has 0 saturated heterocycles. The first-order chi connectivity index (χ1) is 20.4. The summed E-state index contributed by atoms with van der Waals surface area (Å²) < 4.78 is 30.0. The molecule has 0 radical (unpaired) electrons. The third-order valence-electron chi connectivity index (χ3n) is 6.06. The first kappa shape index (κ1) is 33.9. The first-order valence-electron chi connectivity index (χ1n) is 13.8.